The highest BCUT2D eigenvalue weighted by molar-refractivity contribution is 14.1. The summed E-state index contributed by atoms with van der Waals surface area (Å²) in [7, 11) is 1.55. The largest absolute Gasteiger partial charge is 0.493 e. The van der Waals surface area contributed by atoms with E-state index in [1.165, 1.54) is 6.08 Å². The predicted octanol–water partition coefficient (Wildman–Crippen LogP) is 5.29. The van der Waals surface area contributed by atoms with Crippen molar-refractivity contribution in [2.45, 2.75) is 13.3 Å². The number of benzene rings is 2. The van der Waals surface area contributed by atoms with Gasteiger partial charge >= 0.3 is 0 Å². The Morgan fingerprint density at radius 3 is 2.74 bits per heavy atom. The number of carbonyl (C=O) groups is 1. The fourth-order valence-electron chi connectivity index (χ4n) is 2.23. The summed E-state index contributed by atoms with van der Waals surface area (Å²) in [6.45, 7) is 2.60. The maximum Gasteiger partial charge on any atom is 0.266 e. The van der Waals surface area contributed by atoms with E-state index < -0.39 is 5.91 Å². The maximum absolute atomic E-state index is 12.4. The molecule has 2 rings (SSSR count). The van der Waals surface area contributed by atoms with E-state index in [-0.39, 0.29) is 5.57 Å². The molecule has 0 saturated carbocycles. The molecule has 1 N–H and O–H groups in total. The summed E-state index contributed by atoms with van der Waals surface area (Å²) >= 11 is 8.19. The van der Waals surface area contributed by atoms with Crippen LogP contribution in [0.3, 0.4) is 0 Å². The third-order valence-electron chi connectivity index (χ3n) is 3.50. The zero-order chi connectivity index (χ0) is 19.8. The summed E-state index contributed by atoms with van der Waals surface area (Å²) < 4.78 is 11.9. The Morgan fingerprint density at radius 1 is 1.37 bits per heavy atom. The van der Waals surface area contributed by atoms with Gasteiger partial charge in [0.15, 0.2) is 11.5 Å². The molecule has 0 radical (unpaired) electrons. The van der Waals surface area contributed by atoms with Gasteiger partial charge in [0, 0.05) is 0 Å². The zero-order valence-corrected chi connectivity index (χ0v) is 17.8. The van der Waals surface area contributed by atoms with E-state index in [4.69, 9.17) is 21.1 Å². The van der Waals surface area contributed by atoms with Crippen molar-refractivity contribution in [2.24, 2.45) is 0 Å². The van der Waals surface area contributed by atoms with Crippen molar-refractivity contribution in [1.82, 2.24) is 0 Å². The van der Waals surface area contributed by atoms with Gasteiger partial charge in [-0.3, -0.25) is 4.79 Å². The number of para-hydroxylation sites is 1. The third-order valence-corrected chi connectivity index (χ3v) is 4.63. The van der Waals surface area contributed by atoms with Crippen LogP contribution in [0, 0.1) is 14.9 Å². The predicted molar refractivity (Wildman–Crippen MR) is 115 cm³/mol. The number of methoxy groups -OCH3 is 1. The molecule has 0 aromatic heterocycles. The molecule has 0 spiro atoms. The van der Waals surface area contributed by atoms with E-state index in [1.807, 2.05) is 19.1 Å². The van der Waals surface area contributed by atoms with Crippen LogP contribution in [0.25, 0.3) is 6.08 Å². The van der Waals surface area contributed by atoms with E-state index in [0.717, 1.165) is 9.99 Å². The molecule has 2 aromatic carbocycles. The van der Waals surface area contributed by atoms with Crippen LogP contribution in [0.4, 0.5) is 5.69 Å². The van der Waals surface area contributed by atoms with E-state index in [1.54, 1.807) is 37.4 Å². The molecule has 0 unspecified atom stereocenters. The van der Waals surface area contributed by atoms with Crippen LogP contribution in [0.15, 0.2) is 42.0 Å². The third kappa shape index (κ3) is 5.62. The first-order valence-corrected chi connectivity index (χ1v) is 9.63. The van der Waals surface area contributed by atoms with Crippen LogP contribution in [-0.2, 0) is 4.79 Å². The maximum atomic E-state index is 12.4. The van der Waals surface area contributed by atoms with E-state index in [2.05, 4.69) is 27.9 Å². The van der Waals surface area contributed by atoms with Crippen molar-refractivity contribution in [1.29, 1.82) is 5.26 Å². The highest BCUT2D eigenvalue weighted by Gasteiger charge is 2.14. The van der Waals surface area contributed by atoms with Gasteiger partial charge in [-0.05, 0) is 64.9 Å². The Bertz CT molecular complexity index is 907. The molecule has 0 heterocycles. The van der Waals surface area contributed by atoms with Crippen LogP contribution in [0.2, 0.25) is 5.02 Å². The molecular weight excluding hydrogens is 479 g/mol. The van der Waals surface area contributed by atoms with Crippen molar-refractivity contribution in [2.75, 3.05) is 19.0 Å². The lowest BCUT2D eigenvalue weighted by Gasteiger charge is -2.13. The van der Waals surface area contributed by atoms with Gasteiger partial charge < -0.3 is 14.8 Å². The number of halogens is 2. The number of nitrogens with zero attached hydrogens (tertiary/aromatic N) is 1. The van der Waals surface area contributed by atoms with Gasteiger partial charge in [-0.1, -0.05) is 30.7 Å². The number of amides is 1. The molecule has 5 nitrogen and oxygen atoms in total. The standard InChI is InChI=1S/C20H18ClIN2O3/c1-3-8-27-19-16(22)10-13(11-18(19)26-2)9-14(12-23)20(25)24-17-7-5-4-6-15(17)21/h4-7,9-11H,3,8H2,1-2H3,(H,24,25)/b14-9+. The minimum absolute atomic E-state index is 0.0463. The lowest BCUT2D eigenvalue weighted by atomic mass is 10.1. The van der Waals surface area contributed by atoms with Crippen molar-refractivity contribution < 1.29 is 14.3 Å². The van der Waals surface area contributed by atoms with Crippen LogP contribution >= 0.6 is 34.2 Å². The lowest BCUT2D eigenvalue weighted by Crippen LogP contribution is -2.13. The van der Waals surface area contributed by atoms with Crippen molar-refractivity contribution in [3.63, 3.8) is 0 Å². The molecule has 140 valence electrons. The lowest BCUT2D eigenvalue weighted by molar-refractivity contribution is -0.112. The Labute approximate surface area is 177 Å². The van der Waals surface area contributed by atoms with Gasteiger partial charge in [0.2, 0.25) is 0 Å². The molecular formula is C20H18ClIN2O3. The number of hydrogen-bond donors (Lipinski definition) is 1. The summed E-state index contributed by atoms with van der Waals surface area (Å²) in [6, 6.07) is 12.3. The SMILES string of the molecule is CCCOc1c(I)cc(/C=C(\C#N)C(=O)Nc2ccccc2Cl)cc1OC. The first kappa shape index (κ1) is 21.1. The van der Waals surface area contributed by atoms with Gasteiger partial charge in [-0.25, -0.2) is 0 Å². The van der Waals surface area contributed by atoms with E-state index in [9.17, 15) is 10.1 Å². The van der Waals surface area contributed by atoms with Gasteiger partial charge in [-0.15, -0.1) is 0 Å². The molecule has 1 amide bonds. The average molecular weight is 497 g/mol. The topological polar surface area (TPSA) is 71.3 Å². The highest BCUT2D eigenvalue weighted by atomic mass is 127. The van der Waals surface area contributed by atoms with Crippen molar-refractivity contribution in [3.8, 4) is 17.6 Å². The summed E-state index contributed by atoms with van der Waals surface area (Å²) in [5.74, 6) is 0.660. The minimum atomic E-state index is -0.536. The van der Waals surface area contributed by atoms with Gasteiger partial charge in [-0.2, -0.15) is 5.26 Å². The first-order valence-electron chi connectivity index (χ1n) is 8.18. The number of ether oxygens (including phenoxy) is 2. The van der Waals surface area contributed by atoms with Gasteiger partial charge in [0.05, 0.1) is 28.0 Å². The molecule has 0 saturated heterocycles. The second-order valence-electron chi connectivity index (χ2n) is 5.49. The highest BCUT2D eigenvalue weighted by Crippen LogP contribution is 2.34. The van der Waals surface area contributed by atoms with Gasteiger partial charge in [0.25, 0.3) is 5.91 Å². The average Bonchev–Trinajstić information content (AvgIpc) is 2.66. The normalized spacial score (nSPS) is 10.9. The summed E-state index contributed by atoms with van der Waals surface area (Å²) in [5, 5.41) is 12.4. The zero-order valence-electron chi connectivity index (χ0n) is 14.9. The molecule has 0 bridgehead atoms. The summed E-state index contributed by atoms with van der Waals surface area (Å²) in [5.41, 5.74) is 1.06. The molecule has 0 aliphatic heterocycles. The number of nitriles is 1. The van der Waals surface area contributed by atoms with Crippen LogP contribution < -0.4 is 14.8 Å². The van der Waals surface area contributed by atoms with Crippen LogP contribution in [-0.4, -0.2) is 19.6 Å². The molecule has 0 atom stereocenters. The summed E-state index contributed by atoms with van der Waals surface area (Å²) in [6.07, 6.45) is 2.38. The Kier molecular flexibility index (Phi) is 7.95. The first-order chi connectivity index (χ1) is 13.0. The fourth-order valence-corrected chi connectivity index (χ4v) is 3.20. The molecule has 0 aliphatic rings. The Morgan fingerprint density at radius 2 is 2.11 bits per heavy atom. The second kappa shape index (κ2) is 10.2. The number of anilines is 1. The Balaban J connectivity index is 2.31. The molecule has 0 aliphatic carbocycles. The van der Waals surface area contributed by atoms with E-state index in [0.29, 0.717) is 34.4 Å². The monoisotopic (exact) mass is 496 g/mol. The summed E-state index contributed by atoms with van der Waals surface area (Å²) in [4.78, 5) is 12.4. The Hall–Kier alpha value is -2.24. The molecule has 27 heavy (non-hydrogen) atoms. The quantitative estimate of drug-likeness (QED) is 0.321. The number of hydrogen-bond acceptors (Lipinski definition) is 4. The number of nitrogens with one attached hydrogen (secondary N) is 1. The van der Waals surface area contributed by atoms with Gasteiger partial charge in [0.1, 0.15) is 11.6 Å². The molecule has 7 heteroatoms. The second-order valence-corrected chi connectivity index (χ2v) is 7.06. The molecule has 0 fully saturated rings. The van der Waals surface area contributed by atoms with E-state index >= 15 is 0 Å². The van der Waals surface area contributed by atoms with Crippen molar-refractivity contribution >= 4 is 51.9 Å². The number of rotatable bonds is 7. The molecule has 2 aromatic rings. The minimum Gasteiger partial charge on any atom is -0.493 e. The fraction of sp³-hybridized carbons (Fsp3) is 0.200. The number of carbonyl (C=O) groups excluding carboxylic acids is 1. The van der Waals surface area contributed by atoms with Crippen molar-refractivity contribution in [3.05, 3.63) is 56.1 Å². The van der Waals surface area contributed by atoms with Crippen LogP contribution in [0.1, 0.15) is 18.9 Å². The smallest absolute Gasteiger partial charge is 0.266 e. The van der Waals surface area contributed by atoms with Crippen LogP contribution in [0.5, 0.6) is 11.5 Å².